The van der Waals surface area contributed by atoms with E-state index in [2.05, 4.69) is 0 Å². The zero-order valence-electron chi connectivity index (χ0n) is 11.8. The first-order chi connectivity index (χ1) is 10.1. The fourth-order valence-electron chi connectivity index (χ4n) is 2.78. The van der Waals surface area contributed by atoms with Gasteiger partial charge in [-0.2, -0.15) is 26.3 Å². The predicted octanol–water partition coefficient (Wildman–Crippen LogP) is 4.84. The van der Waals surface area contributed by atoms with Crippen LogP contribution < -0.4 is 0 Å². The van der Waals surface area contributed by atoms with E-state index >= 15 is 0 Å². The van der Waals surface area contributed by atoms with Crippen molar-refractivity contribution in [2.24, 2.45) is 0 Å². The molecule has 1 aliphatic rings. The van der Waals surface area contributed by atoms with Gasteiger partial charge < -0.3 is 4.90 Å². The van der Waals surface area contributed by atoms with Crippen LogP contribution in [0.1, 0.15) is 36.3 Å². The summed E-state index contributed by atoms with van der Waals surface area (Å²) in [7, 11) is 0. The third kappa shape index (κ3) is 4.90. The Morgan fingerprint density at radius 1 is 1.09 bits per heavy atom. The summed E-state index contributed by atoms with van der Waals surface area (Å²) >= 11 is 0. The molecule has 0 bridgehead atoms. The van der Waals surface area contributed by atoms with Crippen LogP contribution in [0.3, 0.4) is 0 Å². The van der Waals surface area contributed by atoms with E-state index in [9.17, 15) is 26.3 Å². The molecule has 0 aromatic heterocycles. The van der Waals surface area contributed by atoms with Crippen LogP contribution >= 0.6 is 0 Å². The second kappa shape index (κ2) is 6.48. The van der Waals surface area contributed by atoms with E-state index in [1.807, 2.05) is 0 Å². The zero-order chi connectivity index (χ0) is 16.4. The van der Waals surface area contributed by atoms with Gasteiger partial charge in [0.2, 0.25) is 0 Å². The summed E-state index contributed by atoms with van der Waals surface area (Å²) in [5.41, 5.74) is -0.163. The summed E-state index contributed by atoms with van der Waals surface area (Å²) in [6.45, 7) is 0.835. The van der Waals surface area contributed by atoms with Gasteiger partial charge in [-0.25, -0.2) is 0 Å². The van der Waals surface area contributed by atoms with Gasteiger partial charge in [-0.1, -0.05) is 18.2 Å². The van der Waals surface area contributed by atoms with E-state index in [-0.39, 0.29) is 12.5 Å². The maximum atomic E-state index is 12.7. The van der Waals surface area contributed by atoms with Crippen molar-refractivity contribution in [1.29, 1.82) is 0 Å². The number of benzene rings is 1. The Balaban J connectivity index is 2.03. The highest BCUT2D eigenvalue weighted by Gasteiger charge is 2.32. The molecule has 1 atom stereocenters. The number of hydrogen-bond donors (Lipinski definition) is 0. The van der Waals surface area contributed by atoms with Crippen LogP contribution in [-0.2, 0) is 6.18 Å². The lowest BCUT2D eigenvalue weighted by Crippen LogP contribution is -2.36. The van der Waals surface area contributed by atoms with Crippen molar-refractivity contribution in [3.8, 4) is 0 Å². The monoisotopic (exact) mass is 325 g/mol. The molecule has 1 aromatic carbocycles. The molecule has 124 valence electrons. The first kappa shape index (κ1) is 17.1. The summed E-state index contributed by atoms with van der Waals surface area (Å²) in [4.78, 5) is 1.68. The van der Waals surface area contributed by atoms with E-state index in [0.29, 0.717) is 31.5 Å². The van der Waals surface area contributed by atoms with Crippen molar-refractivity contribution in [3.63, 3.8) is 0 Å². The fourth-order valence-corrected chi connectivity index (χ4v) is 2.78. The van der Waals surface area contributed by atoms with Gasteiger partial charge in [0, 0.05) is 13.1 Å². The Morgan fingerprint density at radius 3 is 2.45 bits per heavy atom. The molecule has 0 aliphatic carbocycles. The molecule has 1 nitrogen and oxygen atoms in total. The molecule has 0 amide bonds. The lowest BCUT2D eigenvalue weighted by atomic mass is 9.89. The molecule has 1 saturated heterocycles. The highest BCUT2D eigenvalue weighted by molar-refractivity contribution is 5.28. The number of piperidine rings is 1. The molecular formula is C15H17F6N. The molecule has 2 rings (SSSR count). The van der Waals surface area contributed by atoms with Crippen LogP contribution in [0, 0.1) is 0 Å². The maximum Gasteiger partial charge on any atom is 0.416 e. The predicted molar refractivity (Wildman–Crippen MR) is 70.5 cm³/mol. The number of hydrogen-bond acceptors (Lipinski definition) is 1. The Hall–Kier alpha value is -1.24. The van der Waals surface area contributed by atoms with Crippen molar-refractivity contribution < 1.29 is 26.3 Å². The first-order valence-electron chi connectivity index (χ1n) is 7.11. The lowest BCUT2D eigenvalue weighted by Gasteiger charge is -2.33. The van der Waals surface area contributed by atoms with E-state index < -0.39 is 24.3 Å². The van der Waals surface area contributed by atoms with Crippen LogP contribution in [0.25, 0.3) is 0 Å². The largest absolute Gasteiger partial charge is 0.416 e. The van der Waals surface area contributed by atoms with Gasteiger partial charge in [0.15, 0.2) is 0 Å². The van der Waals surface area contributed by atoms with Crippen molar-refractivity contribution >= 4 is 0 Å². The topological polar surface area (TPSA) is 3.24 Å². The molecule has 0 N–H and O–H groups in total. The van der Waals surface area contributed by atoms with E-state index in [1.165, 1.54) is 6.07 Å². The fraction of sp³-hybridized carbons (Fsp3) is 0.600. The highest BCUT2D eigenvalue weighted by Crippen LogP contribution is 2.34. The highest BCUT2D eigenvalue weighted by atomic mass is 19.4. The van der Waals surface area contributed by atoms with E-state index in [4.69, 9.17) is 0 Å². The zero-order valence-corrected chi connectivity index (χ0v) is 11.8. The first-order valence-corrected chi connectivity index (χ1v) is 7.11. The molecule has 1 unspecified atom stereocenters. The summed E-state index contributed by atoms with van der Waals surface area (Å²) in [5, 5.41) is 0. The molecule has 1 aliphatic heterocycles. The molecule has 0 spiro atoms. The van der Waals surface area contributed by atoms with Crippen molar-refractivity contribution in [1.82, 2.24) is 4.90 Å². The Labute approximate surface area is 124 Å². The molecule has 7 heteroatoms. The van der Waals surface area contributed by atoms with Crippen LogP contribution in [0.5, 0.6) is 0 Å². The second-order valence-corrected chi connectivity index (χ2v) is 5.63. The normalized spacial score (nSPS) is 21.1. The number of halogens is 6. The SMILES string of the molecule is FC(F)(F)CCN1CCCC(c2cccc(C(F)(F)F)c2)C1. The summed E-state index contributed by atoms with van der Waals surface area (Å²) in [6.07, 6.45) is -8.10. The van der Waals surface area contributed by atoms with Gasteiger partial charge in [-0.3, -0.25) is 0 Å². The minimum absolute atomic E-state index is 0.0983. The van der Waals surface area contributed by atoms with E-state index in [1.54, 1.807) is 11.0 Å². The molecule has 0 saturated carbocycles. The minimum atomic E-state index is -4.40. The number of rotatable bonds is 3. The third-order valence-electron chi connectivity index (χ3n) is 3.90. The molecular weight excluding hydrogens is 308 g/mol. The molecule has 1 aromatic rings. The summed E-state index contributed by atoms with van der Waals surface area (Å²) < 4.78 is 75.0. The van der Waals surface area contributed by atoms with Crippen molar-refractivity contribution in [2.75, 3.05) is 19.6 Å². The molecule has 22 heavy (non-hydrogen) atoms. The van der Waals surface area contributed by atoms with Gasteiger partial charge in [-0.05, 0) is 36.9 Å². The number of likely N-dealkylation sites (tertiary alicyclic amines) is 1. The molecule has 0 radical (unpaired) electrons. The Bertz CT molecular complexity index is 494. The van der Waals surface area contributed by atoms with Crippen LogP contribution in [0.4, 0.5) is 26.3 Å². The van der Waals surface area contributed by atoms with E-state index in [0.717, 1.165) is 12.1 Å². The van der Waals surface area contributed by atoms with Gasteiger partial charge in [0.05, 0.1) is 12.0 Å². The van der Waals surface area contributed by atoms with Crippen molar-refractivity contribution in [3.05, 3.63) is 35.4 Å². The van der Waals surface area contributed by atoms with Crippen LogP contribution in [0.2, 0.25) is 0 Å². The second-order valence-electron chi connectivity index (χ2n) is 5.63. The van der Waals surface area contributed by atoms with Crippen LogP contribution in [0.15, 0.2) is 24.3 Å². The quantitative estimate of drug-likeness (QED) is 0.719. The number of nitrogens with zero attached hydrogens (tertiary/aromatic N) is 1. The lowest BCUT2D eigenvalue weighted by molar-refractivity contribution is -0.139. The Kier molecular flexibility index (Phi) is 5.04. The molecule has 1 fully saturated rings. The van der Waals surface area contributed by atoms with Crippen LogP contribution in [-0.4, -0.2) is 30.7 Å². The standard InChI is InChI=1S/C15H17F6N/c16-14(17,18)6-8-22-7-2-4-12(10-22)11-3-1-5-13(9-11)15(19,20)21/h1,3,5,9,12H,2,4,6-8,10H2. The van der Waals surface area contributed by atoms with Gasteiger partial charge in [0.25, 0.3) is 0 Å². The maximum absolute atomic E-state index is 12.7. The third-order valence-corrected chi connectivity index (χ3v) is 3.90. The summed E-state index contributed by atoms with van der Waals surface area (Å²) in [5.74, 6) is -0.149. The van der Waals surface area contributed by atoms with Gasteiger partial charge >= 0.3 is 12.4 Å². The van der Waals surface area contributed by atoms with Crippen molar-refractivity contribution in [2.45, 2.75) is 37.5 Å². The Morgan fingerprint density at radius 2 is 1.82 bits per heavy atom. The smallest absolute Gasteiger partial charge is 0.302 e. The molecule has 1 heterocycles. The summed E-state index contributed by atoms with van der Waals surface area (Å²) in [6, 6.07) is 5.09. The average Bonchev–Trinajstić information content (AvgIpc) is 2.44. The van der Waals surface area contributed by atoms with Gasteiger partial charge in [-0.15, -0.1) is 0 Å². The number of alkyl halides is 6. The van der Waals surface area contributed by atoms with Gasteiger partial charge in [0.1, 0.15) is 0 Å². The minimum Gasteiger partial charge on any atom is -0.302 e. The average molecular weight is 325 g/mol.